The third-order valence-corrected chi connectivity index (χ3v) is 5.04. The molecule has 1 fully saturated rings. The summed E-state index contributed by atoms with van der Waals surface area (Å²) >= 11 is 0.826. The minimum Gasteiger partial charge on any atom is -0.493 e. The highest BCUT2D eigenvalue weighted by atomic mass is 32.2. The van der Waals surface area contributed by atoms with E-state index in [2.05, 4.69) is 5.32 Å². The van der Waals surface area contributed by atoms with Crippen LogP contribution >= 0.6 is 11.8 Å². The summed E-state index contributed by atoms with van der Waals surface area (Å²) in [5.41, 5.74) is 1.34. The van der Waals surface area contributed by atoms with Gasteiger partial charge in [0.25, 0.3) is 11.1 Å². The van der Waals surface area contributed by atoms with Gasteiger partial charge in [0.15, 0.2) is 23.0 Å². The highest BCUT2D eigenvalue weighted by Gasteiger charge is 2.25. The fraction of sp³-hybridized carbons (Fsp3) is 0.227. The number of ether oxygens (including phenoxy) is 4. The maximum absolute atomic E-state index is 12.5. The number of hydrogen-bond acceptors (Lipinski definition) is 8. The van der Waals surface area contributed by atoms with Crippen LogP contribution in [0.25, 0.3) is 6.08 Å². The number of nitrogens with one attached hydrogen (secondary N) is 1. The van der Waals surface area contributed by atoms with E-state index in [1.165, 1.54) is 14.2 Å². The molecule has 9 heteroatoms. The second-order valence-corrected chi connectivity index (χ2v) is 7.35. The maximum atomic E-state index is 12.5. The van der Waals surface area contributed by atoms with Gasteiger partial charge in [0, 0.05) is 0 Å². The van der Waals surface area contributed by atoms with E-state index < -0.39 is 17.1 Å². The summed E-state index contributed by atoms with van der Waals surface area (Å²) in [6, 6.07) is 10.1. The first-order valence-electron chi connectivity index (χ1n) is 9.36. The summed E-state index contributed by atoms with van der Waals surface area (Å²) in [4.78, 5) is 35.8. The number of imide groups is 1. The van der Waals surface area contributed by atoms with Gasteiger partial charge in [0.1, 0.15) is 0 Å². The molecule has 0 radical (unpaired) electrons. The molecule has 1 heterocycles. The fourth-order valence-electron chi connectivity index (χ4n) is 2.86. The molecule has 0 bridgehead atoms. The number of hydrogen-bond donors (Lipinski definition) is 1. The Bertz CT molecular complexity index is 1050. The Balaban J connectivity index is 1.76. The molecular weight excluding hydrogens is 422 g/mol. The van der Waals surface area contributed by atoms with Crippen LogP contribution in [0.4, 0.5) is 4.79 Å². The van der Waals surface area contributed by atoms with E-state index in [4.69, 9.17) is 18.9 Å². The molecule has 1 aliphatic heterocycles. The lowest BCUT2D eigenvalue weighted by Gasteiger charge is -2.12. The van der Waals surface area contributed by atoms with Gasteiger partial charge in [-0.2, -0.15) is 0 Å². The molecule has 0 aliphatic carbocycles. The number of carbonyl (C=O) groups is 3. The molecule has 162 valence electrons. The quantitative estimate of drug-likeness (QED) is 0.375. The van der Waals surface area contributed by atoms with Gasteiger partial charge in [-0.25, -0.2) is 0 Å². The fourth-order valence-corrected chi connectivity index (χ4v) is 3.54. The molecule has 1 saturated heterocycles. The van der Waals surface area contributed by atoms with E-state index in [0.717, 1.165) is 11.8 Å². The minimum absolute atomic E-state index is 0.0244. The van der Waals surface area contributed by atoms with E-state index >= 15 is 0 Å². The number of rotatable bonds is 8. The molecule has 31 heavy (non-hydrogen) atoms. The predicted octanol–water partition coefficient (Wildman–Crippen LogP) is 3.57. The summed E-state index contributed by atoms with van der Waals surface area (Å²) in [5.74, 6) is 0.779. The monoisotopic (exact) mass is 443 g/mol. The smallest absolute Gasteiger partial charge is 0.315 e. The van der Waals surface area contributed by atoms with Gasteiger partial charge in [-0.05, 0) is 60.2 Å². The predicted molar refractivity (Wildman–Crippen MR) is 116 cm³/mol. The van der Waals surface area contributed by atoms with E-state index in [0.29, 0.717) is 35.0 Å². The van der Waals surface area contributed by atoms with Crippen LogP contribution in [0.15, 0.2) is 41.3 Å². The number of methoxy groups -OCH3 is 2. The normalized spacial score (nSPS) is 14.4. The van der Waals surface area contributed by atoms with Crippen molar-refractivity contribution >= 4 is 35.0 Å². The summed E-state index contributed by atoms with van der Waals surface area (Å²) in [5, 5.41) is 1.79. The largest absolute Gasteiger partial charge is 0.493 e. The summed E-state index contributed by atoms with van der Waals surface area (Å²) in [6.45, 7) is 2.16. The van der Waals surface area contributed by atoms with Crippen molar-refractivity contribution < 1.29 is 33.3 Å². The van der Waals surface area contributed by atoms with Crippen molar-refractivity contribution in [1.29, 1.82) is 0 Å². The molecule has 2 amide bonds. The van der Waals surface area contributed by atoms with Gasteiger partial charge in [-0.15, -0.1) is 0 Å². The second kappa shape index (κ2) is 10.0. The van der Waals surface area contributed by atoms with Gasteiger partial charge in [0.2, 0.25) is 0 Å². The first-order chi connectivity index (χ1) is 14.9. The van der Waals surface area contributed by atoms with Crippen molar-refractivity contribution in [2.24, 2.45) is 0 Å². The van der Waals surface area contributed by atoms with Crippen LogP contribution in [0.1, 0.15) is 18.1 Å². The van der Waals surface area contributed by atoms with Crippen molar-refractivity contribution in [3.63, 3.8) is 0 Å². The molecule has 2 aromatic rings. The maximum Gasteiger partial charge on any atom is 0.315 e. The van der Waals surface area contributed by atoms with Gasteiger partial charge >= 0.3 is 5.97 Å². The number of esters is 1. The zero-order chi connectivity index (χ0) is 22.4. The van der Waals surface area contributed by atoms with Crippen LogP contribution in [0.2, 0.25) is 0 Å². The Morgan fingerprint density at radius 2 is 1.74 bits per heavy atom. The van der Waals surface area contributed by atoms with Crippen molar-refractivity contribution in [2.45, 2.75) is 13.3 Å². The minimum atomic E-state index is -0.476. The number of amides is 2. The molecule has 0 atom stereocenters. The Hall–Kier alpha value is -3.46. The summed E-state index contributed by atoms with van der Waals surface area (Å²) in [6.07, 6.45) is 1.60. The lowest BCUT2D eigenvalue weighted by atomic mass is 10.1. The summed E-state index contributed by atoms with van der Waals surface area (Å²) < 4.78 is 21.5. The third-order valence-electron chi connectivity index (χ3n) is 4.23. The zero-order valence-corrected chi connectivity index (χ0v) is 18.0. The van der Waals surface area contributed by atoms with E-state index in [-0.39, 0.29) is 17.1 Å². The van der Waals surface area contributed by atoms with Crippen molar-refractivity contribution in [1.82, 2.24) is 5.32 Å². The van der Waals surface area contributed by atoms with E-state index in [1.54, 1.807) is 49.4 Å². The van der Waals surface area contributed by atoms with Gasteiger partial charge in [-0.3, -0.25) is 19.7 Å². The standard InChI is InChI=1S/C22H21NO7S/c1-4-29-18-10-13(11-19-21(25)23-22(26)31-19)6-8-16(18)30-20(24)12-14-5-7-15(27-2)17(9-14)28-3/h5-11H,4,12H2,1-3H3,(H,23,25,26). The van der Waals surface area contributed by atoms with Crippen molar-refractivity contribution in [3.05, 3.63) is 52.4 Å². The highest BCUT2D eigenvalue weighted by molar-refractivity contribution is 8.18. The van der Waals surface area contributed by atoms with Crippen LogP contribution in [-0.2, 0) is 16.0 Å². The Morgan fingerprint density at radius 1 is 1.00 bits per heavy atom. The Labute approximate surface area is 183 Å². The van der Waals surface area contributed by atoms with E-state index in [1.807, 2.05) is 0 Å². The molecule has 1 aliphatic rings. The van der Waals surface area contributed by atoms with Crippen molar-refractivity contribution in [2.75, 3.05) is 20.8 Å². The average molecular weight is 443 g/mol. The molecule has 0 saturated carbocycles. The lowest BCUT2D eigenvalue weighted by molar-refractivity contribution is -0.133. The Morgan fingerprint density at radius 3 is 2.39 bits per heavy atom. The number of thioether (sulfide) groups is 1. The van der Waals surface area contributed by atoms with Crippen LogP contribution in [0, 0.1) is 0 Å². The number of benzene rings is 2. The van der Waals surface area contributed by atoms with Crippen LogP contribution in [-0.4, -0.2) is 37.9 Å². The molecule has 2 aromatic carbocycles. The molecule has 0 unspecified atom stereocenters. The second-order valence-electron chi connectivity index (χ2n) is 6.33. The molecule has 8 nitrogen and oxygen atoms in total. The first-order valence-corrected chi connectivity index (χ1v) is 10.2. The van der Waals surface area contributed by atoms with Crippen LogP contribution in [0.3, 0.4) is 0 Å². The van der Waals surface area contributed by atoms with Gasteiger partial charge in [0.05, 0.1) is 32.2 Å². The molecular formula is C22H21NO7S. The molecule has 0 aromatic heterocycles. The van der Waals surface area contributed by atoms with E-state index in [9.17, 15) is 14.4 Å². The molecule has 1 N–H and O–H groups in total. The Kier molecular flexibility index (Phi) is 7.19. The highest BCUT2D eigenvalue weighted by Crippen LogP contribution is 2.32. The topological polar surface area (TPSA) is 100 Å². The SMILES string of the molecule is CCOc1cc(C=C2SC(=O)NC2=O)ccc1OC(=O)Cc1ccc(OC)c(OC)c1. The zero-order valence-electron chi connectivity index (χ0n) is 17.2. The average Bonchev–Trinajstić information content (AvgIpc) is 3.06. The summed E-state index contributed by atoms with van der Waals surface area (Å²) in [7, 11) is 3.06. The van der Waals surface area contributed by atoms with Gasteiger partial charge in [-0.1, -0.05) is 12.1 Å². The molecule has 3 rings (SSSR count). The van der Waals surface area contributed by atoms with Crippen LogP contribution in [0.5, 0.6) is 23.0 Å². The van der Waals surface area contributed by atoms with Crippen LogP contribution < -0.4 is 24.3 Å². The van der Waals surface area contributed by atoms with Gasteiger partial charge < -0.3 is 18.9 Å². The molecule has 0 spiro atoms. The first kappa shape index (κ1) is 22.2. The number of carbonyl (C=O) groups excluding carboxylic acids is 3. The third kappa shape index (κ3) is 5.58. The lowest BCUT2D eigenvalue weighted by Crippen LogP contribution is -2.17. The van der Waals surface area contributed by atoms with Crippen molar-refractivity contribution in [3.8, 4) is 23.0 Å².